The van der Waals surface area contributed by atoms with Gasteiger partial charge in [0.2, 0.25) is 5.69 Å². The van der Waals surface area contributed by atoms with Crippen LogP contribution in [0.4, 0.5) is 0 Å². The third kappa shape index (κ3) is 4.90. The molecule has 0 unspecified atom stereocenters. The molecule has 0 fully saturated rings. The van der Waals surface area contributed by atoms with Gasteiger partial charge in [-0.1, -0.05) is 65.3 Å². The van der Waals surface area contributed by atoms with Crippen LogP contribution in [0, 0.1) is 11.3 Å². The summed E-state index contributed by atoms with van der Waals surface area (Å²) >= 11 is 13.9. The molecule has 0 radical (unpaired) electrons. The summed E-state index contributed by atoms with van der Waals surface area (Å²) in [6.45, 7) is 0. The molecule has 0 amide bonds. The predicted octanol–water partition coefficient (Wildman–Crippen LogP) is 2.92. The lowest BCUT2D eigenvalue weighted by molar-refractivity contribution is 0.740. The van der Waals surface area contributed by atoms with Gasteiger partial charge in [-0.3, -0.25) is 14.6 Å². The van der Waals surface area contributed by atoms with Gasteiger partial charge in [-0.05, 0) is 23.8 Å². The molecule has 0 aliphatic rings. The van der Waals surface area contributed by atoms with Crippen LogP contribution < -0.4 is 16.8 Å². The normalized spacial score (nSPS) is 10.7. The van der Waals surface area contributed by atoms with Crippen molar-refractivity contribution >= 4 is 35.0 Å². The molecule has 0 bridgehead atoms. The summed E-state index contributed by atoms with van der Waals surface area (Å²) in [6, 6.07) is 15.6. The molecule has 2 heterocycles. The van der Waals surface area contributed by atoms with Crippen molar-refractivity contribution in [3.05, 3.63) is 107 Å². The maximum absolute atomic E-state index is 12.2. The Labute approximate surface area is 199 Å². The number of benzene rings is 2. The van der Waals surface area contributed by atoms with Crippen molar-refractivity contribution in [2.45, 2.75) is 16.3 Å². The standard InChI is InChI=1S/C21H12Cl2N6O3S/c22-14-8-13(29-21(32)25-20(31)16(10-24)28-29)9-15(23)18(14)33-17-7-12(19(30)27-26-17)6-11-4-2-1-3-5-11/h1-5,7-9H,6H2,(H,27,30)(H,25,31,32). The van der Waals surface area contributed by atoms with Gasteiger partial charge in [0.05, 0.1) is 20.6 Å². The second kappa shape index (κ2) is 9.46. The van der Waals surface area contributed by atoms with Crippen LogP contribution in [0.2, 0.25) is 10.0 Å². The van der Waals surface area contributed by atoms with E-state index in [9.17, 15) is 14.4 Å². The van der Waals surface area contributed by atoms with Gasteiger partial charge in [0.15, 0.2) is 0 Å². The quantitative estimate of drug-likeness (QED) is 0.431. The first-order chi connectivity index (χ1) is 15.9. The number of hydrogen-bond donors (Lipinski definition) is 2. The molecule has 9 nitrogen and oxygen atoms in total. The molecule has 2 aromatic carbocycles. The van der Waals surface area contributed by atoms with Gasteiger partial charge in [0, 0.05) is 12.0 Å². The maximum Gasteiger partial charge on any atom is 0.349 e. The van der Waals surface area contributed by atoms with Gasteiger partial charge in [-0.25, -0.2) is 9.89 Å². The first-order valence-corrected chi connectivity index (χ1v) is 10.9. The molecule has 4 aromatic rings. The van der Waals surface area contributed by atoms with E-state index in [1.165, 1.54) is 12.1 Å². The molecule has 12 heteroatoms. The number of nitrogens with one attached hydrogen (secondary N) is 2. The largest absolute Gasteiger partial charge is 0.349 e. The number of aromatic nitrogens is 5. The first kappa shape index (κ1) is 22.5. The van der Waals surface area contributed by atoms with Crippen molar-refractivity contribution in [2.75, 3.05) is 0 Å². The monoisotopic (exact) mass is 498 g/mol. The second-order valence-corrected chi connectivity index (χ2v) is 8.54. The highest BCUT2D eigenvalue weighted by molar-refractivity contribution is 7.99. The lowest BCUT2D eigenvalue weighted by Gasteiger charge is -2.10. The van der Waals surface area contributed by atoms with E-state index in [-0.39, 0.29) is 21.3 Å². The zero-order chi connectivity index (χ0) is 23.5. The molecule has 0 aliphatic carbocycles. The number of nitrogens with zero attached hydrogens (tertiary/aromatic N) is 4. The zero-order valence-corrected chi connectivity index (χ0v) is 18.8. The Balaban J connectivity index is 1.68. The van der Waals surface area contributed by atoms with Gasteiger partial charge in [0.25, 0.3) is 11.1 Å². The molecular weight excluding hydrogens is 487 g/mol. The SMILES string of the molecule is N#Cc1nn(-c2cc(Cl)c(Sc3cc(Cc4ccccc4)c(=O)[nH]n3)c(Cl)c2)c(=O)[nH]c1=O. The highest BCUT2D eigenvalue weighted by atomic mass is 35.5. The Morgan fingerprint density at radius 1 is 1.03 bits per heavy atom. The molecule has 0 saturated heterocycles. The molecule has 0 aliphatic heterocycles. The van der Waals surface area contributed by atoms with E-state index in [1.54, 1.807) is 12.1 Å². The zero-order valence-electron chi connectivity index (χ0n) is 16.5. The summed E-state index contributed by atoms with van der Waals surface area (Å²) in [6.07, 6.45) is 0.425. The number of nitriles is 1. The lowest BCUT2D eigenvalue weighted by Crippen LogP contribution is -2.33. The van der Waals surface area contributed by atoms with Crippen molar-refractivity contribution in [1.29, 1.82) is 5.26 Å². The maximum atomic E-state index is 12.2. The highest BCUT2D eigenvalue weighted by Gasteiger charge is 2.16. The van der Waals surface area contributed by atoms with Crippen LogP contribution in [0.15, 0.2) is 72.8 Å². The molecule has 0 saturated carbocycles. The Hall–Kier alpha value is -3.65. The van der Waals surface area contributed by atoms with Crippen LogP contribution in [0.25, 0.3) is 5.69 Å². The lowest BCUT2D eigenvalue weighted by atomic mass is 10.1. The molecule has 2 N–H and O–H groups in total. The number of hydrogen-bond acceptors (Lipinski definition) is 7. The summed E-state index contributed by atoms with van der Waals surface area (Å²) < 4.78 is 0.822. The fourth-order valence-corrected chi connectivity index (χ4v) is 4.46. The predicted molar refractivity (Wildman–Crippen MR) is 123 cm³/mol. The Bertz CT molecular complexity index is 1550. The van der Waals surface area contributed by atoms with Crippen LogP contribution in [-0.2, 0) is 6.42 Å². The Morgan fingerprint density at radius 3 is 2.39 bits per heavy atom. The Kier molecular flexibility index (Phi) is 6.46. The minimum atomic E-state index is -0.890. The van der Waals surface area contributed by atoms with Gasteiger partial charge in [-0.2, -0.15) is 15.0 Å². The average Bonchev–Trinajstić information content (AvgIpc) is 2.79. The van der Waals surface area contributed by atoms with Crippen LogP contribution in [0.1, 0.15) is 16.8 Å². The topological polar surface area (TPSA) is 137 Å². The summed E-state index contributed by atoms with van der Waals surface area (Å²) in [7, 11) is 0. The molecule has 164 valence electrons. The molecule has 33 heavy (non-hydrogen) atoms. The molecule has 4 rings (SSSR count). The fraction of sp³-hybridized carbons (Fsp3) is 0.0476. The van der Waals surface area contributed by atoms with E-state index < -0.39 is 16.9 Å². The van der Waals surface area contributed by atoms with Gasteiger partial charge < -0.3 is 0 Å². The van der Waals surface area contributed by atoms with E-state index in [1.807, 2.05) is 35.3 Å². The van der Waals surface area contributed by atoms with Crippen molar-refractivity contribution in [1.82, 2.24) is 25.0 Å². The third-order valence-electron chi connectivity index (χ3n) is 4.46. The van der Waals surface area contributed by atoms with Crippen LogP contribution in [0.3, 0.4) is 0 Å². The number of aromatic amines is 2. The molecule has 0 spiro atoms. The van der Waals surface area contributed by atoms with Crippen molar-refractivity contribution in [3.63, 3.8) is 0 Å². The third-order valence-corrected chi connectivity index (χ3v) is 6.34. The first-order valence-electron chi connectivity index (χ1n) is 9.29. The van der Waals surface area contributed by atoms with Crippen molar-refractivity contribution < 1.29 is 0 Å². The van der Waals surface area contributed by atoms with E-state index in [2.05, 4.69) is 15.3 Å². The van der Waals surface area contributed by atoms with E-state index in [4.69, 9.17) is 28.5 Å². The van der Waals surface area contributed by atoms with Crippen LogP contribution in [0.5, 0.6) is 0 Å². The number of halogens is 2. The number of H-pyrrole nitrogens is 2. The molecular formula is C21H12Cl2N6O3S. The van der Waals surface area contributed by atoms with E-state index in [0.29, 0.717) is 21.9 Å². The molecule has 0 atom stereocenters. The van der Waals surface area contributed by atoms with Gasteiger partial charge >= 0.3 is 5.69 Å². The second-order valence-electron chi connectivity index (χ2n) is 6.70. The van der Waals surface area contributed by atoms with E-state index in [0.717, 1.165) is 22.0 Å². The summed E-state index contributed by atoms with van der Waals surface area (Å²) in [5.74, 6) is 0. The summed E-state index contributed by atoms with van der Waals surface area (Å²) in [4.78, 5) is 38.4. The van der Waals surface area contributed by atoms with Crippen molar-refractivity contribution in [3.8, 4) is 11.8 Å². The van der Waals surface area contributed by atoms with Crippen LogP contribution >= 0.6 is 35.0 Å². The summed E-state index contributed by atoms with van der Waals surface area (Å²) in [5.41, 5.74) is -0.864. The fourth-order valence-electron chi connectivity index (χ4n) is 2.94. The van der Waals surface area contributed by atoms with Gasteiger partial charge in [0.1, 0.15) is 11.1 Å². The highest BCUT2D eigenvalue weighted by Crippen LogP contribution is 2.39. The smallest absolute Gasteiger partial charge is 0.270 e. The minimum absolute atomic E-state index is 0.159. The number of rotatable bonds is 5. The minimum Gasteiger partial charge on any atom is -0.270 e. The molecule has 2 aromatic heterocycles. The average molecular weight is 499 g/mol. The van der Waals surface area contributed by atoms with E-state index >= 15 is 0 Å². The van der Waals surface area contributed by atoms with Crippen LogP contribution in [-0.4, -0.2) is 25.0 Å². The Morgan fingerprint density at radius 2 is 1.73 bits per heavy atom. The van der Waals surface area contributed by atoms with Crippen molar-refractivity contribution in [2.24, 2.45) is 0 Å². The van der Waals surface area contributed by atoms with Gasteiger partial charge in [-0.15, -0.1) is 5.10 Å². The summed E-state index contributed by atoms with van der Waals surface area (Å²) in [5, 5.41) is 20.1.